The Morgan fingerprint density at radius 3 is 2.88 bits per heavy atom. The van der Waals surface area contributed by atoms with Gasteiger partial charge in [0.25, 0.3) is 0 Å². The molecule has 0 spiro atoms. The number of hydrogen-bond acceptors (Lipinski definition) is 3. The van der Waals surface area contributed by atoms with E-state index in [4.69, 9.17) is 4.74 Å². The number of benzene rings is 1. The van der Waals surface area contributed by atoms with E-state index in [1.807, 2.05) is 29.3 Å². The summed E-state index contributed by atoms with van der Waals surface area (Å²) >= 11 is 0. The lowest BCUT2D eigenvalue weighted by Crippen LogP contribution is -2.42. The van der Waals surface area contributed by atoms with Crippen LogP contribution in [0.4, 0.5) is 0 Å². The molecule has 3 rings (SSSR count). The smallest absolute Gasteiger partial charge is 0.227 e. The fraction of sp³-hybridized carbons (Fsp3) is 0.474. The molecular formula is C19H25N3O2. The van der Waals surface area contributed by atoms with Gasteiger partial charge >= 0.3 is 0 Å². The number of aryl methyl sites for hydroxylation is 1. The zero-order valence-electron chi connectivity index (χ0n) is 14.7. The highest BCUT2D eigenvalue weighted by molar-refractivity contribution is 5.79. The Hall–Kier alpha value is -2.14. The van der Waals surface area contributed by atoms with Crippen LogP contribution in [0, 0.1) is 6.92 Å². The maximum absolute atomic E-state index is 12.8. The molecule has 0 N–H and O–H groups in total. The van der Waals surface area contributed by atoms with Crippen LogP contribution in [0.5, 0.6) is 0 Å². The van der Waals surface area contributed by atoms with Gasteiger partial charge in [-0.25, -0.2) is 4.98 Å². The largest absolute Gasteiger partial charge is 0.384 e. The lowest BCUT2D eigenvalue weighted by Gasteiger charge is -2.34. The molecule has 5 nitrogen and oxygen atoms in total. The highest BCUT2D eigenvalue weighted by Gasteiger charge is 2.30. The Labute approximate surface area is 143 Å². The Balaban J connectivity index is 1.74. The van der Waals surface area contributed by atoms with Crippen LogP contribution in [0.25, 0.3) is 0 Å². The molecule has 0 saturated heterocycles. The second kappa shape index (κ2) is 7.18. The van der Waals surface area contributed by atoms with Crippen LogP contribution in [0.15, 0.2) is 30.5 Å². The van der Waals surface area contributed by atoms with Gasteiger partial charge in [-0.3, -0.25) is 4.79 Å². The first kappa shape index (κ1) is 16.7. The van der Waals surface area contributed by atoms with Crippen molar-refractivity contribution in [3.63, 3.8) is 0 Å². The number of hydrogen-bond donors (Lipinski definition) is 0. The van der Waals surface area contributed by atoms with Crippen LogP contribution < -0.4 is 0 Å². The van der Waals surface area contributed by atoms with Gasteiger partial charge in [0.1, 0.15) is 5.82 Å². The number of rotatable bonds is 5. The summed E-state index contributed by atoms with van der Waals surface area (Å²) in [4.78, 5) is 19.3. The maximum Gasteiger partial charge on any atom is 0.227 e. The lowest BCUT2D eigenvalue weighted by molar-refractivity contribution is -0.133. The van der Waals surface area contributed by atoms with Crippen LogP contribution in [0.1, 0.15) is 35.6 Å². The Morgan fingerprint density at radius 2 is 2.12 bits per heavy atom. The quantitative estimate of drug-likeness (QED) is 0.848. The van der Waals surface area contributed by atoms with E-state index in [0.717, 1.165) is 30.9 Å². The number of amides is 1. The maximum atomic E-state index is 12.8. The molecule has 0 saturated carbocycles. The van der Waals surface area contributed by atoms with E-state index in [1.54, 1.807) is 7.11 Å². The average molecular weight is 327 g/mol. The van der Waals surface area contributed by atoms with Gasteiger partial charge in [-0.15, -0.1) is 0 Å². The number of carbonyl (C=O) groups is 1. The van der Waals surface area contributed by atoms with Gasteiger partial charge in [-0.05, 0) is 25.0 Å². The molecule has 0 radical (unpaired) electrons. The van der Waals surface area contributed by atoms with Crippen molar-refractivity contribution in [1.29, 1.82) is 0 Å². The third kappa shape index (κ3) is 3.22. The molecule has 5 heteroatoms. The SMILES string of the molecule is COCCc1cnc2n1CCN(C(=O)Cc1ccccc1C)[C@H]2C. The second-order valence-corrected chi connectivity index (χ2v) is 6.37. The summed E-state index contributed by atoms with van der Waals surface area (Å²) in [7, 11) is 1.71. The number of ether oxygens (including phenoxy) is 1. The van der Waals surface area contributed by atoms with Crippen molar-refractivity contribution >= 4 is 5.91 Å². The number of methoxy groups -OCH3 is 1. The average Bonchev–Trinajstić information content (AvgIpc) is 2.99. The van der Waals surface area contributed by atoms with Crippen molar-refractivity contribution in [3.05, 3.63) is 53.1 Å². The lowest BCUT2D eigenvalue weighted by atomic mass is 10.0. The molecule has 1 atom stereocenters. The fourth-order valence-electron chi connectivity index (χ4n) is 3.38. The molecule has 0 aliphatic carbocycles. The number of nitrogens with zero attached hydrogens (tertiary/aromatic N) is 3. The topological polar surface area (TPSA) is 47.4 Å². The van der Waals surface area contributed by atoms with Crippen LogP contribution in [0.3, 0.4) is 0 Å². The summed E-state index contributed by atoms with van der Waals surface area (Å²) in [6, 6.07) is 8.09. The van der Waals surface area contributed by atoms with E-state index < -0.39 is 0 Å². The van der Waals surface area contributed by atoms with Crippen molar-refractivity contribution in [2.45, 2.75) is 39.3 Å². The zero-order valence-corrected chi connectivity index (χ0v) is 14.7. The summed E-state index contributed by atoms with van der Waals surface area (Å²) in [5, 5.41) is 0. The van der Waals surface area contributed by atoms with Crippen molar-refractivity contribution in [1.82, 2.24) is 14.5 Å². The molecule has 0 bridgehead atoms. The van der Waals surface area contributed by atoms with Crippen molar-refractivity contribution in [2.24, 2.45) is 0 Å². The molecule has 1 aliphatic heterocycles. The summed E-state index contributed by atoms with van der Waals surface area (Å²) in [5.41, 5.74) is 3.45. The van der Waals surface area contributed by atoms with Crippen molar-refractivity contribution < 1.29 is 9.53 Å². The Morgan fingerprint density at radius 1 is 1.33 bits per heavy atom. The summed E-state index contributed by atoms with van der Waals surface area (Å²) in [6.07, 6.45) is 3.22. The normalized spacial score (nSPS) is 17.0. The van der Waals surface area contributed by atoms with Crippen LogP contribution >= 0.6 is 0 Å². The number of imidazole rings is 1. The molecule has 128 valence electrons. The Bertz CT molecular complexity index is 723. The van der Waals surface area contributed by atoms with Crippen LogP contribution in [-0.2, 0) is 28.9 Å². The summed E-state index contributed by atoms with van der Waals surface area (Å²) < 4.78 is 7.40. The van der Waals surface area contributed by atoms with Gasteiger partial charge in [0.05, 0.1) is 19.1 Å². The highest BCUT2D eigenvalue weighted by atomic mass is 16.5. The van der Waals surface area contributed by atoms with Gasteiger partial charge in [0.15, 0.2) is 0 Å². The van der Waals surface area contributed by atoms with E-state index in [2.05, 4.69) is 29.5 Å². The fourth-order valence-corrected chi connectivity index (χ4v) is 3.38. The van der Waals surface area contributed by atoms with E-state index in [1.165, 1.54) is 11.3 Å². The third-order valence-corrected chi connectivity index (χ3v) is 4.86. The molecule has 1 aromatic heterocycles. The predicted molar refractivity (Wildman–Crippen MR) is 92.8 cm³/mol. The first-order valence-electron chi connectivity index (χ1n) is 8.49. The van der Waals surface area contributed by atoms with E-state index in [0.29, 0.717) is 13.0 Å². The van der Waals surface area contributed by atoms with E-state index >= 15 is 0 Å². The number of fused-ring (bicyclic) bond motifs is 1. The standard InChI is InChI=1S/C19H25N3O2/c1-14-6-4-5-7-16(14)12-18(23)21-9-10-22-17(8-11-24-3)13-20-19(22)15(21)2/h4-7,13,15H,8-12H2,1-3H3/t15-/m0/s1. The van der Waals surface area contributed by atoms with E-state index in [-0.39, 0.29) is 11.9 Å². The van der Waals surface area contributed by atoms with Crippen molar-refractivity contribution in [2.75, 3.05) is 20.3 Å². The highest BCUT2D eigenvalue weighted by Crippen LogP contribution is 2.26. The molecule has 1 aromatic carbocycles. The third-order valence-electron chi connectivity index (χ3n) is 4.86. The van der Waals surface area contributed by atoms with Gasteiger partial charge in [-0.1, -0.05) is 24.3 Å². The van der Waals surface area contributed by atoms with Crippen molar-refractivity contribution in [3.8, 4) is 0 Å². The van der Waals surface area contributed by atoms with Crippen LogP contribution in [0.2, 0.25) is 0 Å². The monoisotopic (exact) mass is 327 g/mol. The summed E-state index contributed by atoms with van der Waals surface area (Å²) in [6.45, 7) is 6.34. The molecule has 24 heavy (non-hydrogen) atoms. The number of aromatic nitrogens is 2. The molecule has 0 unspecified atom stereocenters. The van der Waals surface area contributed by atoms with Gasteiger partial charge < -0.3 is 14.2 Å². The van der Waals surface area contributed by atoms with Gasteiger partial charge in [-0.2, -0.15) is 0 Å². The predicted octanol–water partition coefficient (Wildman–Crippen LogP) is 2.53. The van der Waals surface area contributed by atoms with Gasteiger partial charge in [0, 0.05) is 38.5 Å². The molecule has 1 amide bonds. The minimum atomic E-state index is 0.00608. The Kier molecular flexibility index (Phi) is 5.00. The molecule has 2 heterocycles. The molecule has 2 aromatic rings. The second-order valence-electron chi connectivity index (χ2n) is 6.37. The molecule has 0 fully saturated rings. The van der Waals surface area contributed by atoms with E-state index in [9.17, 15) is 4.79 Å². The first-order valence-corrected chi connectivity index (χ1v) is 8.49. The summed E-state index contributed by atoms with van der Waals surface area (Å²) in [5.74, 6) is 1.15. The molecule has 1 aliphatic rings. The van der Waals surface area contributed by atoms with Gasteiger partial charge in [0.2, 0.25) is 5.91 Å². The number of carbonyl (C=O) groups excluding carboxylic acids is 1. The minimum absolute atomic E-state index is 0.00608. The first-order chi connectivity index (χ1) is 11.6. The molecular weight excluding hydrogens is 302 g/mol. The zero-order chi connectivity index (χ0) is 17.1. The minimum Gasteiger partial charge on any atom is -0.384 e. The van der Waals surface area contributed by atoms with Crippen LogP contribution in [-0.4, -0.2) is 40.6 Å².